The van der Waals surface area contributed by atoms with E-state index in [1.807, 2.05) is 0 Å². The minimum absolute atomic E-state index is 0.120. The second kappa shape index (κ2) is 7.43. The van der Waals surface area contributed by atoms with Crippen molar-refractivity contribution in [2.24, 2.45) is 5.10 Å². The van der Waals surface area contributed by atoms with Gasteiger partial charge in [0.15, 0.2) is 11.5 Å². The number of ether oxygens (including phenoxy) is 2. The number of nitrogens with one attached hydrogen (secondary N) is 2. The molecule has 1 aliphatic rings. The van der Waals surface area contributed by atoms with Gasteiger partial charge in [0.2, 0.25) is 6.79 Å². The molecule has 0 aromatic heterocycles. The number of carbonyl (C=O) groups is 2. The molecule has 1 aliphatic heterocycles. The number of hydrogen-bond donors (Lipinski definition) is 2. The Bertz CT molecular complexity index is 821. The molecule has 0 bridgehead atoms. The molecule has 0 saturated carbocycles. The molecule has 2 aromatic carbocycles. The molecule has 1 heterocycles. The van der Waals surface area contributed by atoms with E-state index in [2.05, 4.69) is 15.8 Å². The lowest BCUT2D eigenvalue weighted by atomic mass is 10.2. The fourth-order valence-electron chi connectivity index (χ4n) is 2.07. The summed E-state index contributed by atoms with van der Waals surface area (Å²) >= 11 is 0. The first-order chi connectivity index (χ1) is 12.1. The zero-order valence-electron chi connectivity index (χ0n) is 13.0. The maximum atomic E-state index is 12.8. The zero-order chi connectivity index (χ0) is 17.6. The first-order valence-corrected chi connectivity index (χ1v) is 7.37. The molecule has 25 heavy (non-hydrogen) atoms. The van der Waals surface area contributed by atoms with E-state index in [4.69, 9.17) is 9.47 Å². The SMILES string of the molecule is O=C(CNC(=O)c1ccc2c(c1)OCO2)NN=Cc1ccc(F)cc1. The Morgan fingerprint density at radius 3 is 2.68 bits per heavy atom. The number of rotatable bonds is 5. The third kappa shape index (κ3) is 4.31. The van der Waals surface area contributed by atoms with Crippen molar-refractivity contribution in [2.75, 3.05) is 13.3 Å². The summed E-state index contributed by atoms with van der Waals surface area (Å²) in [6.07, 6.45) is 1.37. The highest BCUT2D eigenvalue weighted by atomic mass is 19.1. The van der Waals surface area contributed by atoms with E-state index in [0.29, 0.717) is 22.6 Å². The number of fused-ring (bicyclic) bond motifs is 1. The van der Waals surface area contributed by atoms with Crippen LogP contribution in [0.2, 0.25) is 0 Å². The Morgan fingerprint density at radius 2 is 1.88 bits per heavy atom. The van der Waals surface area contributed by atoms with E-state index < -0.39 is 11.8 Å². The minimum Gasteiger partial charge on any atom is -0.454 e. The van der Waals surface area contributed by atoms with E-state index in [1.54, 1.807) is 18.2 Å². The summed E-state index contributed by atoms with van der Waals surface area (Å²) in [5.41, 5.74) is 3.26. The van der Waals surface area contributed by atoms with Gasteiger partial charge in [0.05, 0.1) is 12.8 Å². The summed E-state index contributed by atoms with van der Waals surface area (Å²) < 4.78 is 23.1. The van der Waals surface area contributed by atoms with E-state index in [1.165, 1.54) is 30.5 Å². The number of amides is 2. The minimum atomic E-state index is -0.493. The molecule has 128 valence electrons. The van der Waals surface area contributed by atoms with Crippen molar-refractivity contribution in [3.63, 3.8) is 0 Å². The second-order valence-electron chi connectivity index (χ2n) is 5.10. The maximum Gasteiger partial charge on any atom is 0.259 e. The lowest BCUT2D eigenvalue weighted by molar-refractivity contribution is -0.120. The molecule has 0 fully saturated rings. The number of hydrazone groups is 1. The third-order valence-corrected chi connectivity index (χ3v) is 3.32. The number of hydrogen-bond acceptors (Lipinski definition) is 5. The Kier molecular flexibility index (Phi) is 4.89. The topological polar surface area (TPSA) is 89.0 Å². The van der Waals surface area contributed by atoms with Crippen molar-refractivity contribution in [3.05, 3.63) is 59.4 Å². The van der Waals surface area contributed by atoms with Gasteiger partial charge in [0.25, 0.3) is 11.8 Å². The third-order valence-electron chi connectivity index (χ3n) is 3.32. The maximum absolute atomic E-state index is 12.8. The molecule has 8 heteroatoms. The van der Waals surface area contributed by atoms with Crippen LogP contribution in [-0.2, 0) is 4.79 Å². The van der Waals surface area contributed by atoms with E-state index in [0.717, 1.165) is 0 Å². The van der Waals surface area contributed by atoms with Gasteiger partial charge in [-0.1, -0.05) is 12.1 Å². The predicted molar refractivity (Wildman–Crippen MR) is 87.0 cm³/mol. The molecule has 0 atom stereocenters. The van der Waals surface area contributed by atoms with Crippen LogP contribution in [0.4, 0.5) is 4.39 Å². The Hall–Kier alpha value is -3.42. The molecule has 2 aromatic rings. The van der Waals surface area contributed by atoms with Gasteiger partial charge in [-0.25, -0.2) is 9.82 Å². The van der Waals surface area contributed by atoms with Crippen LogP contribution in [0.1, 0.15) is 15.9 Å². The molecule has 0 saturated heterocycles. The average Bonchev–Trinajstić information content (AvgIpc) is 3.09. The summed E-state index contributed by atoms with van der Waals surface area (Å²) in [6.45, 7) is -0.122. The highest BCUT2D eigenvalue weighted by molar-refractivity contribution is 5.97. The van der Waals surface area contributed by atoms with Crippen LogP contribution in [0.25, 0.3) is 0 Å². The second-order valence-corrected chi connectivity index (χ2v) is 5.10. The van der Waals surface area contributed by atoms with Crippen molar-refractivity contribution in [1.29, 1.82) is 0 Å². The normalized spacial score (nSPS) is 12.2. The highest BCUT2D eigenvalue weighted by Crippen LogP contribution is 2.32. The quantitative estimate of drug-likeness (QED) is 0.635. The fraction of sp³-hybridized carbons (Fsp3) is 0.118. The van der Waals surface area contributed by atoms with Crippen LogP contribution in [0, 0.1) is 5.82 Å². The lowest BCUT2D eigenvalue weighted by Crippen LogP contribution is -2.34. The Labute approximate surface area is 142 Å². The fourth-order valence-corrected chi connectivity index (χ4v) is 2.07. The summed E-state index contributed by atoms with van der Waals surface area (Å²) in [5, 5.41) is 6.21. The van der Waals surface area contributed by atoms with Gasteiger partial charge < -0.3 is 14.8 Å². The van der Waals surface area contributed by atoms with Crippen LogP contribution in [0.5, 0.6) is 11.5 Å². The Morgan fingerprint density at radius 1 is 1.12 bits per heavy atom. The predicted octanol–water partition coefficient (Wildman–Crippen LogP) is 1.43. The van der Waals surface area contributed by atoms with Gasteiger partial charge in [0.1, 0.15) is 5.82 Å². The van der Waals surface area contributed by atoms with E-state index in [9.17, 15) is 14.0 Å². The number of nitrogens with zero attached hydrogens (tertiary/aromatic N) is 1. The van der Waals surface area contributed by atoms with Gasteiger partial charge in [0, 0.05) is 5.56 Å². The molecular weight excluding hydrogens is 329 g/mol. The smallest absolute Gasteiger partial charge is 0.259 e. The van der Waals surface area contributed by atoms with Gasteiger partial charge in [-0.3, -0.25) is 9.59 Å². The van der Waals surface area contributed by atoms with Crippen molar-refractivity contribution < 1.29 is 23.5 Å². The van der Waals surface area contributed by atoms with Crippen molar-refractivity contribution >= 4 is 18.0 Å². The molecule has 2 amide bonds. The monoisotopic (exact) mass is 343 g/mol. The summed E-state index contributed by atoms with van der Waals surface area (Å²) in [5.74, 6) is -0.207. The van der Waals surface area contributed by atoms with Crippen molar-refractivity contribution in [1.82, 2.24) is 10.7 Å². The van der Waals surface area contributed by atoms with Crippen LogP contribution in [0.15, 0.2) is 47.6 Å². The standard InChI is InChI=1S/C17H14FN3O4/c18-13-4-1-11(2-5-13)8-20-21-16(22)9-19-17(23)12-3-6-14-15(7-12)25-10-24-14/h1-8H,9-10H2,(H,19,23)(H,21,22). The molecule has 3 rings (SSSR count). The summed E-state index contributed by atoms with van der Waals surface area (Å²) in [4.78, 5) is 23.7. The van der Waals surface area contributed by atoms with Crippen molar-refractivity contribution in [2.45, 2.75) is 0 Å². The summed E-state index contributed by atoms with van der Waals surface area (Å²) in [7, 11) is 0. The molecule has 2 N–H and O–H groups in total. The van der Waals surface area contributed by atoms with Crippen LogP contribution in [-0.4, -0.2) is 31.4 Å². The van der Waals surface area contributed by atoms with Gasteiger partial charge in [-0.2, -0.15) is 5.10 Å². The first kappa shape index (κ1) is 16.4. The molecule has 0 aliphatic carbocycles. The summed E-state index contributed by atoms with van der Waals surface area (Å²) in [6, 6.07) is 10.4. The average molecular weight is 343 g/mol. The number of halogens is 1. The van der Waals surface area contributed by atoms with Crippen LogP contribution >= 0.6 is 0 Å². The highest BCUT2D eigenvalue weighted by Gasteiger charge is 2.16. The Balaban J connectivity index is 1.47. The molecular formula is C17H14FN3O4. The molecule has 7 nitrogen and oxygen atoms in total. The van der Waals surface area contributed by atoms with Gasteiger partial charge >= 0.3 is 0 Å². The first-order valence-electron chi connectivity index (χ1n) is 7.37. The largest absolute Gasteiger partial charge is 0.454 e. The van der Waals surface area contributed by atoms with Crippen LogP contribution in [0.3, 0.4) is 0 Å². The molecule has 0 spiro atoms. The van der Waals surface area contributed by atoms with Gasteiger partial charge in [-0.05, 0) is 35.9 Å². The number of carbonyl (C=O) groups excluding carboxylic acids is 2. The van der Waals surface area contributed by atoms with E-state index in [-0.39, 0.29) is 19.2 Å². The molecule has 0 radical (unpaired) electrons. The molecule has 0 unspecified atom stereocenters. The van der Waals surface area contributed by atoms with E-state index >= 15 is 0 Å². The number of benzene rings is 2. The van der Waals surface area contributed by atoms with Crippen molar-refractivity contribution in [3.8, 4) is 11.5 Å². The van der Waals surface area contributed by atoms with Gasteiger partial charge in [-0.15, -0.1) is 0 Å². The zero-order valence-corrected chi connectivity index (χ0v) is 13.0. The lowest BCUT2D eigenvalue weighted by Gasteiger charge is -2.05. The van der Waals surface area contributed by atoms with Crippen LogP contribution < -0.4 is 20.2 Å².